The van der Waals surface area contributed by atoms with E-state index in [-0.39, 0.29) is 24.6 Å². The number of aromatic nitrogens is 3. The molecule has 0 fully saturated rings. The van der Waals surface area contributed by atoms with E-state index >= 15 is 0 Å². The first kappa shape index (κ1) is 22.3. The smallest absolute Gasteiger partial charge is 0.407 e. The summed E-state index contributed by atoms with van der Waals surface area (Å²) >= 11 is 0. The molecule has 4 aromatic rings. The second-order valence-corrected chi connectivity index (χ2v) is 8.45. The minimum absolute atomic E-state index is 0.0326. The minimum Gasteiger partial charge on any atom is -0.478 e. The third-order valence-corrected chi connectivity index (χ3v) is 6.32. The molecular weight excluding hydrogens is 444 g/mol. The Morgan fingerprint density at radius 1 is 0.943 bits per heavy atom. The van der Waals surface area contributed by atoms with Gasteiger partial charge in [0, 0.05) is 5.92 Å². The first-order valence-corrected chi connectivity index (χ1v) is 11.3. The number of rotatable bonds is 6. The molecule has 0 atom stereocenters. The molecule has 8 nitrogen and oxygen atoms in total. The van der Waals surface area contributed by atoms with Gasteiger partial charge in [-0.25, -0.2) is 9.59 Å². The van der Waals surface area contributed by atoms with Crippen LogP contribution in [0.1, 0.15) is 44.6 Å². The van der Waals surface area contributed by atoms with Crippen molar-refractivity contribution < 1.29 is 19.4 Å². The monoisotopic (exact) mass is 468 g/mol. The van der Waals surface area contributed by atoms with Gasteiger partial charge < -0.3 is 15.2 Å². The van der Waals surface area contributed by atoms with Gasteiger partial charge in [-0.1, -0.05) is 60.7 Å². The van der Waals surface area contributed by atoms with Crippen molar-refractivity contribution in [3.05, 3.63) is 101 Å². The summed E-state index contributed by atoms with van der Waals surface area (Å²) in [6.07, 6.45) is -0.581. The lowest BCUT2D eigenvalue weighted by atomic mass is 9.98. The van der Waals surface area contributed by atoms with Crippen LogP contribution in [0, 0.1) is 13.8 Å². The Morgan fingerprint density at radius 3 is 2.26 bits per heavy atom. The van der Waals surface area contributed by atoms with E-state index in [1.165, 1.54) is 6.07 Å². The van der Waals surface area contributed by atoms with Crippen LogP contribution in [0.5, 0.6) is 0 Å². The number of aryl methyl sites for hydroxylation is 2. The standard InChI is InChI=1S/C27H24N4O4/c1-16-8-7-13-22(26(32)33)25(16)31-17(2)29-30-24(31)14-28-27(34)35-15-23-20-11-5-3-9-18(20)19-10-4-6-12-21(19)23/h3-13,23H,14-15H2,1-2H3,(H,28,34)(H,32,33). The predicted molar refractivity (Wildman–Crippen MR) is 130 cm³/mol. The molecule has 0 spiro atoms. The first-order chi connectivity index (χ1) is 17.0. The van der Waals surface area contributed by atoms with Crippen molar-refractivity contribution in [2.75, 3.05) is 6.61 Å². The van der Waals surface area contributed by atoms with Gasteiger partial charge in [0.15, 0.2) is 5.82 Å². The molecule has 0 bridgehead atoms. The number of nitrogens with zero attached hydrogens (tertiary/aromatic N) is 3. The maximum atomic E-state index is 12.6. The van der Waals surface area contributed by atoms with E-state index in [2.05, 4.69) is 39.8 Å². The summed E-state index contributed by atoms with van der Waals surface area (Å²) in [7, 11) is 0. The molecule has 0 saturated heterocycles. The highest BCUT2D eigenvalue weighted by molar-refractivity contribution is 5.92. The summed E-state index contributed by atoms with van der Waals surface area (Å²) < 4.78 is 7.25. The van der Waals surface area contributed by atoms with E-state index in [1.807, 2.05) is 37.3 Å². The molecule has 1 aromatic heterocycles. The fourth-order valence-electron chi connectivity index (χ4n) is 4.74. The van der Waals surface area contributed by atoms with Gasteiger partial charge in [-0.15, -0.1) is 10.2 Å². The number of carboxylic acid groups (broad SMARTS) is 1. The van der Waals surface area contributed by atoms with E-state index < -0.39 is 12.1 Å². The number of alkyl carbamates (subject to hydrolysis) is 1. The number of nitrogens with one attached hydrogen (secondary N) is 1. The molecule has 1 amide bonds. The normalized spacial score (nSPS) is 12.2. The van der Waals surface area contributed by atoms with Crippen LogP contribution in [0.15, 0.2) is 66.7 Å². The first-order valence-electron chi connectivity index (χ1n) is 11.3. The predicted octanol–water partition coefficient (Wildman–Crippen LogP) is 4.62. The third kappa shape index (κ3) is 4.03. The third-order valence-electron chi connectivity index (χ3n) is 6.32. The molecule has 0 aliphatic heterocycles. The number of aromatic carboxylic acids is 1. The summed E-state index contributed by atoms with van der Waals surface area (Å²) in [4.78, 5) is 24.4. The van der Waals surface area contributed by atoms with Crippen LogP contribution < -0.4 is 5.32 Å². The fourth-order valence-corrected chi connectivity index (χ4v) is 4.74. The Balaban J connectivity index is 1.31. The van der Waals surface area contributed by atoms with Crippen molar-refractivity contribution in [3.8, 4) is 16.8 Å². The van der Waals surface area contributed by atoms with Gasteiger partial charge in [0.2, 0.25) is 0 Å². The number of carbonyl (C=O) groups excluding carboxylic acids is 1. The highest BCUT2D eigenvalue weighted by atomic mass is 16.5. The van der Waals surface area contributed by atoms with Crippen LogP contribution in [-0.2, 0) is 11.3 Å². The second-order valence-electron chi connectivity index (χ2n) is 8.45. The molecule has 5 rings (SSSR count). The highest BCUT2D eigenvalue weighted by Crippen LogP contribution is 2.44. The summed E-state index contributed by atoms with van der Waals surface area (Å²) in [6, 6.07) is 21.3. The Hall–Kier alpha value is -4.46. The average Bonchev–Trinajstić information content (AvgIpc) is 3.38. The number of amides is 1. The molecule has 1 aliphatic carbocycles. The van der Waals surface area contributed by atoms with Crippen molar-refractivity contribution >= 4 is 12.1 Å². The van der Waals surface area contributed by atoms with Gasteiger partial charge in [0.1, 0.15) is 12.4 Å². The van der Waals surface area contributed by atoms with Gasteiger partial charge in [0.25, 0.3) is 0 Å². The molecule has 0 unspecified atom stereocenters. The van der Waals surface area contributed by atoms with Crippen molar-refractivity contribution in [2.45, 2.75) is 26.3 Å². The van der Waals surface area contributed by atoms with Crippen molar-refractivity contribution in [3.63, 3.8) is 0 Å². The van der Waals surface area contributed by atoms with Crippen LogP contribution in [0.25, 0.3) is 16.8 Å². The molecule has 35 heavy (non-hydrogen) atoms. The number of ether oxygens (including phenoxy) is 1. The zero-order valence-electron chi connectivity index (χ0n) is 19.4. The van der Waals surface area contributed by atoms with Crippen molar-refractivity contribution in [1.82, 2.24) is 20.1 Å². The Morgan fingerprint density at radius 2 is 1.60 bits per heavy atom. The summed E-state index contributed by atoms with van der Waals surface area (Å²) in [6.45, 7) is 3.79. The van der Waals surface area contributed by atoms with E-state index in [4.69, 9.17) is 4.74 Å². The Bertz CT molecular complexity index is 1400. The largest absolute Gasteiger partial charge is 0.478 e. The van der Waals surface area contributed by atoms with Crippen LogP contribution in [-0.4, -0.2) is 38.5 Å². The molecule has 1 aliphatic rings. The number of fused-ring (bicyclic) bond motifs is 3. The molecule has 8 heteroatoms. The topological polar surface area (TPSA) is 106 Å². The fraction of sp³-hybridized carbons (Fsp3) is 0.185. The van der Waals surface area contributed by atoms with Crippen LogP contribution >= 0.6 is 0 Å². The number of hydrogen-bond donors (Lipinski definition) is 2. The lowest BCUT2D eigenvalue weighted by Crippen LogP contribution is -2.27. The quantitative estimate of drug-likeness (QED) is 0.428. The molecule has 0 saturated carbocycles. The van der Waals surface area contributed by atoms with Crippen LogP contribution in [0.4, 0.5) is 4.79 Å². The van der Waals surface area contributed by atoms with E-state index in [1.54, 1.807) is 17.6 Å². The summed E-state index contributed by atoms with van der Waals surface area (Å²) in [5.41, 5.74) is 5.97. The van der Waals surface area contributed by atoms with Crippen LogP contribution in [0.3, 0.4) is 0 Å². The van der Waals surface area contributed by atoms with E-state index in [0.717, 1.165) is 27.8 Å². The molecule has 0 radical (unpaired) electrons. The van der Waals surface area contributed by atoms with Gasteiger partial charge >= 0.3 is 12.1 Å². The van der Waals surface area contributed by atoms with Gasteiger partial charge in [0.05, 0.1) is 17.8 Å². The number of carboxylic acids is 1. The zero-order valence-corrected chi connectivity index (χ0v) is 19.4. The van der Waals surface area contributed by atoms with Gasteiger partial charge in [-0.3, -0.25) is 4.57 Å². The molecule has 2 N–H and O–H groups in total. The lowest BCUT2D eigenvalue weighted by molar-refractivity contribution is 0.0696. The SMILES string of the molecule is Cc1cccc(C(=O)O)c1-n1c(C)nnc1CNC(=O)OCC1c2ccccc2-c2ccccc21. The number of hydrogen-bond acceptors (Lipinski definition) is 5. The Labute approximate surface area is 202 Å². The van der Waals surface area contributed by atoms with Crippen molar-refractivity contribution in [1.29, 1.82) is 0 Å². The maximum Gasteiger partial charge on any atom is 0.407 e. The lowest BCUT2D eigenvalue weighted by Gasteiger charge is -2.16. The molecular formula is C27H24N4O4. The molecule has 176 valence electrons. The zero-order chi connectivity index (χ0) is 24.5. The summed E-state index contributed by atoms with van der Waals surface area (Å²) in [5.74, 6) is -0.157. The second kappa shape index (κ2) is 9.06. The highest BCUT2D eigenvalue weighted by Gasteiger charge is 2.29. The van der Waals surface area contributed by atoms with Crippen molar-refractivity contribution in [2.24, 2.45) is 0 Å². The van der Waals surface area contributed by atoms with E-state index in [9.17, 15) is 14.7 Å². The van der Waals surface area contributed by atoms with Gasteiger partial charge in [-0.2, -0.15) is 0 Å². The maximum absolute atomic E-state index is 12.6. The number of benzene rings is 3. The van der Waals surface area contributed by atoms with Gasteiger partial charge in [-0.05, 0) is 47.7 Å². The van der Waals surface area contributed by atoms with E-state index in [0.29, 0.717) is 17.3 Å². The summed E-state index contributed by atoms with van der Waals surface area (Å²) in [5, 5.41) is 20.6. The number of carbonyl (C=O) groups is 2. The Kier molecular flexibility index (Phi) is 5.78. The minimum atomic E-state index is -1.05. The average molecular weight is 469 g/mol. The molecule has 1 heterocycles. The molecule has 3 aromatic carbocycles. The number of para-hydroxylation sites is 1. The van der Waals surface area contributed by atoms with Crippen LogP contribution in [0.2, 0.25) is 0 Å².